The van der Waals surface area contributed by atoms with Crippen LogP contribution in [0.4, 0.5) is 13.2 Å². The number of likely N-dealkylation sites (tertiary alicyclic amines) is 2. The van der Waals surface area contributed by atoms with E-state index in [1.54, 1.807) is 4.90 Å². The minimum Gasteiger partial charge on any atom is -0.435 e. The second kappa shape index (κ2) is 5.98. The highest BCUT2D eigenvalue weighted by molar-refractivity contribution is 5.91. The van der Waals surface area contributed by atoms with E-state index >= 15 is 0 Å². The molecule has 0 aromatic carbocycles. The van der Waals surface area contributed by atoms with E-state index in [2.05, 4.69) is 4.98 Å². The lowest BCUT2D eigenvalue weighted by Gasteiger charge is -2.34. The van der Waals surface area contributed by atoms with Crippen molar-refractivity contribution in [3.05, 3.63) is 17.8 Å². The van der Waals surface area contributed by atoms with Crippen LogP contribution in [0.25, 0.3) is 0 Å². The number of hydrogen-bond acceptors (Lipinski definition) is 5. The molecule has 1 amide bonds. The third-order valence-corrected chi connectivity index (χ3v) is 5.19. The smallest absolute Gasteiger partial charge is 0.391 e. The van der Waals surface area contributed by atoms with Crippen LogP contribution in [-0.2, 0) is 0 Å². The van der Waals surface area contributed by atoms with Crippen molar-refractivity contribution in [3.8, 4) is 0 Å². The lowest BCUT2D eigenvalue weighted by molar-refractivity contribution is -0.155. The van der Waals surface area contributed by atoms with E-state index in [4.69, 9.17) is 4.42 Å². The third-order valence-electron chi connectivity index (χ3n) is 5.19. The zero-order valence-corrected chi connectivity index (χ0v) is 13.6. The molecule has 1 saturated carbocycles. The summed E-state index contributed by atoms with van der Waals surface area (Å²) in [6, 6.07) is -0.0623. The van der Waals surface area contributed by atoms with Crippen LogP contribution < -0.4 is 0 Å². The van der Waals surface area contributed by atoms with Gasteiger partial charge in [-0.25, -0.2) is 4.98 Å². The molecule has 1 aromatic rings. The molecule has 6 nitrogen and oxygen atoms in total. The van der Waals surface area contributed by atoms with Crippen LogP contribution in [0.1, 0.15) is 48.0 Å². The summed E-state index contributed by atoms with van der Waals surface area (Å²) < 4.78 is 42.6. The summed E-state index contributed by atoms with van der Waals surface area (Å²) in [5.41, 5.74) is 0. The van der Waals surface area contributed by atoms with Gasteiger partial charge in [0.1, 0.15) is 0 Å². The number of halogens is 3. The number of β-amino-alcohol motifs (C(OH)–C–C–N with tert-alkyl or cyclic N) is 1. The van der Waals surface area contributed by atoms with Gasteiger partial charge in [0.25, 0.3) is 5.91 Å². The van der Waals surface area contributed by atoms with Gasteiger partial charge in [0.2, 0.25) is 5.76 Å². The Morgan fingerprint density at radius 2 is 2.12 bits per heavy atom. The van der Waals surface area contributed by atoms with E-state index in [1.807, 2.05) is 4.90 Å². The van der Waals surface area contributed by atoms with E-state index in [1.165, 1.54) is 6.20 Å². The zero-order valence-electron chi connectivity index (χ0n) is 13.6. The van der Waals surface area contributed by atoms with Crippen molar-refractivity contribution < 1.29 is 27.5 Å². The molecule has 2 saturated heterocycles. The highest BCUT2D eigenvalue weighted by Crippen LogP contribution is 2.40. The minimum atomic E-state index is -4.37. The number of aliphatic hydroxyl groups is 1. The molecule has 3 heterocycles. The maximum atomic E-state index is 12.6. The molecule has 2 aliphatic heterocycles. The summed E-state index contributed by atoms with van der Waals surface area (Å²) in [5, 5.41) is 9.62. The number of oxazole rings is 1. The van der Waals surface area contributed by atoms with Crippen molar-refractivity contribution in [2.24, 2.45) is 0 Å². The molecule has 1 unspecified atom stereocenters. The Morgan fingerprint density at radius 1 is 1.36 bits per heavy atom. The Hall–Kier alpha value is -1.61. The lowest BCUT2D eigenvalue weighted by atomic mass is 10.2. The number of carbonyl (C=O) groups excluding carboxylic acids is 1. The summed E-state index contributed by atoms with van der Waals surface area (Å²) in [6.07, 6.45) is -2.74. The normalized spacial score (nSPS) is 27.9. The van der Waals surface area contributed by atoms with Gasteiger partial charge in [-0.1, -0.05) is 0 Å². The molecule has 138 valence electrons. The Bertz CT molecular complexity index is 659. The van der Waals surface area contributed by atoms with E-state index in [0.717, 1.165) is 12.8 Å². The fourth-order valence-corrected chi connectivity index (χ4v) is 3.87. The quantitative estimate of drug-likeness (QED) is 0.868. The van der Waals surface area contributed by atoms with E-state index in [0.29, 0.717) is 31.3 Å². The molecular weight excluding hydrogens is 339 g/mol. The van der Waals surface area contributed by atoms with Gasteiger partial charge in [-0.2, -0.15) is 13.2 Å². The molecule has 0 spiro atoms. The number of hydrogen-bond donors (Lipinski definition) is 1. The first-order valence-electron chi connectivity index (χ1n) is 8.55. The Morgan fingerprint density at radius 3 is 2.72 bits per heavy atom. The predicted molar refractivity (Wildman–Crippen MR) is 80.0 cm³/mol. The van der Waals surface area contributed by atoms with Gasteiger partial charge in [0, 0.05) is 37.6 Å². The first kappa shape index (κ1) is 16.8. The molecule has 4 rings (SSSR count). The first-order valence-corrected chi connectivity index (χ1v) is 8.55. The number of aromatic nitrogens is 1. The van der Waals surface area contributed by atoms with Crippen LogP contribution in [0.2, 0.25) is 0 Å². The third kappa shape index (κ3) is 3.52. The molecule has 1 aromatic heterocycles. The van der Waals surface area contributed by atoms with Crippen LogP contribution in [0.15, 0.2) is 10.6 Å². The fraction of sp³-hybridized carbons (Fsp3) is 0.750. The molecule has 9 heteroatoms. The number of alkyl halides is 3. The van der Waals surface area contributed by atoms with Gasteiger partial charge in [0.15, 0.2) is 5.89 Å². The summed E-state index contributed by atoms with van der Waals surface area (Å²) >= 11 is 0. The molecule has 0 radical (unpaired) electrons. The summed E-state index contributed by atoms with van der Waals surface area (Å²) in [4.78, 5) is 20.3. The molecule has 2 bridgehead atoms. The molecule has 3 aliphatic rings. The van der Waals surface area contributed by atoms with Crippen LogP contribution in [-0.4, -0.2) is 69.8 Å². The number of aliphatic hydroxyl groups excluding tert-OH is 1. The number of carbonyl (C=O) groups is 1. The summed E-state index contributed by atoms with van der Waals surface area (Å²) in [6.45, 7) is 0.910. The van der Waals surface area contributed by atoms with Gasteiger partial charge in [-0.3, -0.25) is 9.69 Å². The Kier molecular flexibility index (Phi) is 4.03. The molecule has 1 N–H and O–H groups in total. The SMILES string of the molecule is O=C(c1cnc(C2CC2)o1)N1C[C@@H]2C[C@H]1CN2CC(O)CC(F)(F)F. The zero-order chi connectivity index (χ0) is 17.8. The van der Waals surface area contributed by atoms with E-state index in [9.17, 15) is 23.1 Å². The van der Waals surface area contributed by atoms with Gasteiger partial charge < -0.3 is 14.4 Å². The Labute approximate surface area is 142 Å². The van der Waals surface area contributed by atoms with Crippen LogP contribution in [0, 0.1) is 0 Å². The second-order valence-electron chi connectivity index (χ2n) is 7.26. The van der Waals surface area contributed by atoms with Crippen LogP contribution in [0.3, 0.4) is 0 Å². The number of nitrogens with zero attached hydrogens (tertiary/aromatic N) is 3. The number of rotatable bonds is 5. The van der Waals surface area contributed by atoms with Gasteiger partial charge >= 0.3 is 6.18 Å². The average Bonchev–Trinajstić information content (AvgIpc) is 2.95. The van der Waals surface area contributed by atoms with Crippen LogP contribution in [0.5, 0.6) is 0 Å². The Balaban J connectivity index is 1.33. The minimum absolute atomic E-state index is 0.0114. The molecule has 3 fully saturated rings. The molecule has 25 heavy (non-hydrogen) atoms. The van der Waals surface area contributed by atoms with Crippen molar-refractivity contribution in [1.82, 2.24) is 14.8 Å². The predicted octanol–water partition coefficient (Wildman–Crippen LogP) is 1.76. The first-order chi connectivity index (χ1) is 11.8. The number of piperazine rings is 1. The van der Waals surface area contributed by atoms with Crippen LogP contribution >= 0.6 is 0 Å². The second-order valence-corrected chi connectivity index (χ2v) is 7.26. The topological polar surface area (TPSA) is 69.8 Å². The molecular formula is C16H20F3N3O3. The fourth-order valence-electron chi connectivity index (χ4n) is 3.87. The van der Waals surface area contributed by atoms with Crippen molar-refractivity contribution in [2.45, 2.75) is 56.0 Å². The van der Waals surface area contributed by atoms with Gasteiger partial charge in [-0.15, -0.1) is 0 Å². The summed E-state index contributed by atoms with van der Waals surface area (Å²) in [5.74, 6) is 0.979. The molecule has 1 aliphatic carbocycles. The highest BCUT2D eigenvalue weighted by Gasteiger charge is 2.47. The monoisotopic (exact) mass is 359 g/mol. The van der Waals surface area contributed by atoms with Crippen molar-refractivity contribution in [1.29, 1.82) is 0 Å². The number of fused-ring (bicyclic) bond motifs is 2. The average molecular weight is 359 g/mol. The van der Waals surface area contributed by atoms with Crippen molar-refractivity contribution in [2.75, 3.05) is 19.6 Å². The van der Waals surface area contributed by atoms with E-state index < -0.39 is 18.7 Å². The molecule has 3 atom stereocenters. The standard InChI is InChI=1S/C16H20F3N3O3/c17-16(18,19)4-12(23)8-21-6-11-3-10(21)7-22(11)15(24)13-5-20-14(25-13)9-1-2-9/h5,9-12,23H,1-4,6-8H2/t10-,11-,12?/m0/s1. The van der Waals surface area contributed by atoms with Crippen molar-refractivity contribution >= 4 is 5.91 Å². The largest absolute Gasteiger partial charge is 0.435 e. The summed E-state index contributed by atoms with van der Waals surface area (Å²) in [7, 11) is 0. The number of amides is 1. The van der Waals surface area contributed by atoms with Crippen molar-refractivity contribution in [3.63, 3.8) is 0 Å². The highest BCUT2D eigenvalue weighted by atomic mass is 19.4. The lowest BCUT2D eigenvalue weighted by Crippen LogP contribution is -2.50. The van der Waals surface area contributed by atoms with E-state index in [-0.39, 0.29) is 30.3 Å². The maximum absolute atomic E-state index is 12.6. The van der Waals surface area contributed by atoms with Gasteiger partial charge in [-0.05, 0) is 19.3 Å². The maximum Gasteiger partial charge on any atom is 0.391 e. The van der Waals surface area contributed by atoms with Gasteiger partial charge in [0.05, 0.1) is 18.7 Å².